The Morgan fingerprint density at radius 3 is 2.72 bits per heavy atom. The van der Waals surface area contributed by atoms with Gasteiger partial charge in [0.1, 0.15) is 28.4 Å². The SMILES string of the molecule is C=CCOc1ccc(-c2nc3sc(=Cc4ccc(-c5cccc(Cl)c5)o4)c(=O)n3n2)cc1. The molecule has 0 bridgehead atoms. The molecular formula is C24H16ClN3O3S. The molecule has 0 fully saturated rings. The van der Waals surface area contributed by atoms with Gasteiger partial charge in [0, 0.05) is 22.2 Å². The zero-order chi connectivity index (χ0) is 22.1. The highest BCUT2D eigenvalue weighted by molar-refractivity contribution is 7.15. The minimum atomic E-state index is -0.240. The maximum atomic E-state index is 12.8. The van der Waals surface area contributed by atoms with Crippen molar-refractivity contribution >= 4 is 34.0 Å². The first-order chi connectivity index (χ1) is 15.6. The number of hydrogen-bond acceptors (Lipinski definition) is 6. The molecule has 5 rings (SSSR count). The number of furan rings is 1. The van der Waals surface area contributed by atoms with Crippen LogP contribution in [0.2, 0.25) is 5.02 Å². The molecule has 6 nitrogen and oxygen atoms in total. The van der Waals surface area contributed by atoms with Crippen LogP contribution < -0.4 is 14.8 Å². The third kappa shape index (κ3) is 3.95. The first-order valence-electron chi connectivity index (χ1n) is 9.72. The van der Waals surface area contributed by atoms with Crippen LogP contribution in [0, 0.1) is 0 Å². The van der Waals surface area contributed by atoms with Crippen molar-refractivity contribution in [2.24, 2.45) is 0 Å². The van der Waals surface area contributed by atoms with Crippen molar-refractivity contribution in [3.8, 4) is 28.5 Å². The van der Waals surface area contributed by atoms with Crippen LogP contribution in [0.15, 0.2) is 82.5 Å². The second-order valence-corrected chi connectivity index (χ2v) is 8.33. The number of rotatable bonds is 6. The number of thiazole rings is 1. The Morgan fingerprint density at radius 2 is 1.97 bits per heavy atom. The molecule has 0 radical (unpaired) electrons. The van der Waals surface area contributed by atoms with Crippen LogP contribution in [0.4, 0.5) is 0 Å². The maximum Gasteiger partial charge on any atom is 0.291 e. The van der Waals surface area contributed by atoms with E-state index in [-0.39, 0.29) is 5.56 Å². The van der Waals surface area contributed by atoms with Gasteiger partial charge in [-0.1, -0.05) is 47.7 Å². The molecule has 0 N–H and O–H groups in total. The topological polar surface area (TPSA) is 69.6 Å². The van der Waals surface area contributed by atoms with Crippen molar-refractivity contribution in [1.29, 1.82) is 0 Å². The molecule has 0 aliphatic carbocycles. The lowest BCUT2D eigenvalue weighted by Gasteiger charge is -2.02. The van der Waals surface area contributed by atoms with Gasteiger partial charge in [0.05, 0.1) is 0 Å². The highest BCUT2D eigenvalue weighted by Crippen LogP contribution is 2.25. The Balaban J connectivity index is 1.44. The van der Waals surface area contributed by atoms with E-state index in [4.69, 9.17) is 20.8 Å². The Morgan fingerprint density at radius 1 is 1.12 bits per heavy atom. The van der Waals surface area contributed by atoms with E-state index in [0.717, 1.165) is 16.9 Å². The highest BCUT2D eigenvalue weighted by atomic mass is 35.5. The summed E-state index contributed by atoms with van der Waals surface area (Å²) in [7, 11) is 0. The van der Waals surface area contributed by atoms with Gasteiger partial charge >= 0.3 is 0 Å². The molecule has 0 spiro atoms. The Labute approximate surface area is 191 Å². The van der Waals surface area contributed by atoms with E-state index in [2.05, 4.69) is 16.7 Å². The molecule has 0 atom stereocenters. The summed E-state index contributed by atoms with van der Waals surface area (Å²) in [6.07, 6.45) is 3.38. The number of nitrogens with zero attached hydrogens (tertiary/aromatic N) is 3. The summed E-state index contributed by atoms with van der Waals surface area (Å²) in [5, 5.41) is 5.01. The third-order valence-corrected chi connectivity index (χ3v) is 5.87. The van der Waals surface area contributed by atoms with Gasteiger partial charge in [0.2, 0.25) is 4.96 Å². The summed E-state index contributed by atoms with van der Waals surface area (Å²) >= 11 is 7.31. The van der Waals surface area contributed by atoms with Gasteiger partial charge in [0.25, 0.3) is 5.56 Å². The second-order valence-electron chi connectivity index (χ2n) is 6.88. The molecule has 0 unspecified atom stereocenters. The number of benzene rings is 2. The first-order valence-corrected chi connectivity index (χ1v) is 10.9. The normalized spacial score (nSPS) is 11.8. The van der Waals surface area contributed by atoms with Gasteiger partial charge in [-0.05, 0) is 48.5 Å². The van der Waals surface area contributed by atoms with Gasteiger partial charge in [-0.2, -0.15) is 9.50 Å². The monoisotopic (exact) mass is 461 g/mol. The van der Waals surface area contributed by atoms with Crippen molar-refractivity contribution in [2.75, 3.05) is 6.61 Å². The van der Waals surface area contributed by atoms with Crippen LogP contribution in [-0.4, -0.2) is 21.2 Å². The zero-order valence-corrected chi connectivity index (χ0v) is 18.3. The van der Waals surface area contributed by atoms with E-state index in [9.17, 15) is 4.79 Å². The number of ether oxygens (including phenoxy) is 1. The van der Waals surface area contributed by atoms with Gasteiger partial charge in [-0.3, -0.25) is 4.79 Å². The lowest BCUT2D eigenvalue weighted by Crippen LogP contribution is -2.23. The minimum absolute atomic E-state index is 0.240. The first kappa shape index (κ1) is 20.2. The van der Waals surface area contributed by atoms with Gasteiger partial charge in [-0.15, -0.1) is 5.10 Å². The molecule has 0 saturated carbocycles. The van der Waals surface area contributed by atoms with E-state index >= 15 is 0 Å². The van der Waals surface area contributed by atoms with Crippen LogP contribution in [0.1, 0.15) is 5.76 Å². The fourth-order valence-corrected chi connectivity index (χ4v) is 4.25. The average Bonchev–Trinajstić information content (AvgIpc) is 3.50. The molecule has 8 heteroatoms. The molecule has 0 aliphatic rings. The summed E-state index contributed by atoms with van der Waals surface area (Å²) in [6, 6.07) is 18.4. The van der Waals surface area contributed by atoms with Crippen molar-refractivity contribution in [2.45, 2.75) is 0 Å². The lowest BCUT2D eigenvalue weighted by molar-refractivity contribution is 0.363. The van der Waals surface area contributed by atoms with Crippen LogP contribution in [0.5, 0.6) is 5.75 Å². The summed E-state index contributed by atoms with van der Waals surface area (Å²) in [5.41, 5.74) is 1.43. The minimum Gasteiger partial charge on any atom is -0.490 e. The van der Waals surface area contributed by atoms with E-state index in [0.29, 0.717) is 38.5 Å². The average molecular weight is 462 g/mol. The fourth-order valence-electron chi connectivity index (χ4n) is 3.17. The molecule has 3 heterocycles. The smallest absolute Gasteiger partial charge is 0.291 e. The second kappa shape index (κ2) is 8.45. The maximum absolute atomic E-state index is 12.8. The van der Waals surface area contributed by atoms with Crippen LogP contribution in [0.3, 0.4) is 0 Å². The van der Waals surface area contributed by atoms with Crippen LogP contribution >= 0.6 is 22.9 Å². The predicted molar refractivity (Wildman–Crippen MR) is 126 cm³/mol. The summed E-state index contributed by atoms with van der Waals surface area (Å²) in [4.78, 5) is 17.8. The van der Waals surface area contributed by atoms with E-state index in [1.807, 2.05) is 54.6 Å². The van der Waals surface area contributed by atoms with Crippen molar-refractivity contribution < 1.29 is 9.15 Å². The number of fused-ring (bicyclic) bond motifs is 1. The number of halogens is 1. The molecular weight excluding hydrogens is 446 g/mol. The van der Waals surface area contributed by atoms with Crippen molar-refractivity contribution in [3.05, 3.63) is 99.0 Å². The van der Waals surface area contributed by atoms with Crippen LogP contribution in [-0.2, 0) is 0 Å². The molecule has 158 valence electrons. The molecule has 0 saturated heterocycles. The Bertz CT molecular complexity index is 1530. The van der Waals surface area contributed by atoms with Crippen molar-refractivity contribution in [3.63, 3.8) is 0 Å². The van der Waals surface area contributed by atoms with E-state index in [1.54, 1.807) is 18.2 Å². The van der Waals surface area contributed by atoms with Crippen LogP contribution in [0.25, 0.3) is 33.7 Å². The summed E-state index contributed by atoms with van der Waals surface area (Å²) in [5.74, 6) is 2.45. The van der Waals surface area contributed by atoms with Gasteiger partial charge in [-0.25, -0.2) is 0 Å². The van der Waals surface area contributed by atoms with E-state index in [1.165, 1.54) is 15.9 Å². The molecule has 0 aliphatic heterocycles. The van der Waals surface area contributed by atoms with Crippen molar-refractivity contribution in [1.82, 2.24) is 14.6 Å². The molecule has 5 aromatic rings. The molecule has 2 aromatic carbocycles. The largest absolute Gasteiger partial charge is 0.490 e. The van der Waals surface area contributed by atoms with E-state index < -0.39 is 0 Å². The number of aromatic nitrogens is 3. The highest BCUT2D eigenvalue weighted by Gasteiger charge is 2.13. The Kier molecular flexibility index (Phi) is 5.34. The number of hydrogen-bond donors (Lipinski definition) is 0. The Hall–Kier alpha value is -3.68. The third-order valence-electron chi connectivity index (χ3n) is 4.67. The summed E-state index contributed by atoms with van der Waals surface area (Å²) in [6.45, 7) is 4.07. The summed E-state index contributed by atoms with van der Waals surface area (Å²) < 4.78 is 13.2. The quantitative estimate of drug-likeness (QED) is 0.338. The zero-order valence-electron chi connectivity index (χ0n) is 16.7. The fraction of sp³-hybridized carbons (Fsp3) is 0.0417. The molecule has 0 amide bonds. The predicted octanol–water partition coefficient (Wildman–Crippen LogP) is 4.84. The van der Waals surface area contributed by atoms with Gasteiger partial charge < -0.3 is 9.15 Å². The molecule has 3 aromatic heterocycles. The molecule has 32 heavy (non-hydrogen) atoms. The lowest BCUT2D eigenvalue weighted by atomic mass is 10.2. The van der Waals surface area contributed by atoms with Gasteiger partial charge in [0.15, 0.2) is 5.82 Å². The standard InChI is InChI=1S/C24H16ClN3O3S/c1-2-12-30-18-8-6-15(7-9-18)22-26-24-28(27-22)23(29)21(32-24)14-19-10-11-20(31-19)16-4-3-5-17(25)13-16/h2-11,13-14H,1,12H2.